The number of rotatable bonds is 1. The molecule has 0 atom stereocenters. The molecule has 1 N–H and O–H groups in total. The summed E-state index contributed by atoms with van der Waals surface area (Å²) in [4.78, 5) is -0.105. The number of hydrogen-bond donors (Lipinski definition) is 1. The fraction of sp³-hybridized carbons (Fsp3) is 0. The van der Waals surface area contributed by atoms with Crippen molar-refractivity contribution < 1.29 is 13.0 Å². The van der Waals surface area contributed by atoms with E-state index in [9.17, 15) is 8.42 Å². The van der Waals surface area contributed by atoms with E-state index in [2.05, 4.69) is 15.9 Å². The van der Waals surface area contributed by atoms with Gasteiger partial charge in [-0.25, -0.2) is 0 Å². The normalized spacial score (nSPS) is 10.5. The van der Waals surface area contributed by atoms with Gasteiger partial charge in [-0.2, -0.15) is 8.42 Å². The van der Waals surface area contributed by atoms with E-state index in [1.165, 1.54) is 18.2 Å². The molecule has 0 saturated heterocycles. The van der Waals surface area contributed by atoms with Gasteiger partial charge in [0, 0.05) is 4.47 Å². The van der Waals surface area contributed by atoms with Crippen molar-refractivity contribution in [1.29, 1.82) is 0 Å². The minimum atomic E-state index is -4.06. The van der Waals surface area contributed by atoms with Crippen LogP contribution in [0.3, 0.4) is 0 Å². The first kappa shape index (κ1) is 12.5. The van der Waals surface area contributed by atoms with Crippen LogP contribution in [-0.2, 0) is 10.1 Å². The van der Waals surface area contributed by atoms with Crippen LogP contribution < -0.4 is 0 Å². The Kier molecular flexibility index (Phi) is 4.83. The molecule has 0 saturated carbocycles. The summed E-state index contributed by atoms with van der Waals surface area (Å²) in [6, 6.07) is 5.86. The Balaban J connectivity index is 0.00000121. The molecule has 0 unspecified atom stereocenters. The summed E-state index contributed by atoms with van der Waals surface area (Å²) in [7, 11) is -4.06. The zero-order valence-corrected chi connectivity index (χ0v) is 7.76. The second-order valence-electron chi connectivity index (χ2n) is 1.93. The molecule has 66 valence electrons. The Bertz CT molecular complexity index is 363. The van der Waals surface area contributed by atoms with Crippen LogP contribution in [0, 0.1) is 0 Å². The van der Waals surface area contributed by atoms with Crippen molar-refractivity contribution in [2.45, 2.75) is 4.90 Å². The summed E-state index contributed by atoms with van der Waals surface area (Å²) in [5.74, 6) is 0. The van der Waals surface area contributed by atoms with Gasteiger partial charge in [0.05, 0.1) is 4.90 Å². The first-order valence-corrected chi connectivity index (χ1v) is 4.96. The Morgan fingerprint density at radius 1 is 1.33 bits per heavy atom. The molecule has 0 amide bonds. The summed E-state index contributed by atoms with van der Waals surface area (Å²) in [6.45, 7) is 0. The molecule has 0 aliphatic rings. The first-order valence-electron chi connectivity index (χ1n) is 2.73. The minimum absolute atomic E-state index is 0. The van der Waals surface area contributed by atoms with Gasteiger partial charge in [-0.3, -0.25) is 4.55 Å². The van der Waals surface area contributed by atoms with Crippen LogP contribution in [0.25, 0.3) is 0 Å². The molecule has 1 rings (SSSR count). The van der Waals surface area contributed by atoms with Gasteiger partial charge in [0.25, 0.3) is 10.1 Å². The average Bonchev–Trinajstić information content (AvgIpc) is 1.86. The fourth-order valence-electron chi connectivity index (χ4n) is 0.627. The summed E-state index contributed by atoms with van der Waals surface area (Å²) in [5.41, 5.74) is 0. The molecule has 0 aliphatic heterocycles. The van der Waals surface area contributed by atoms with E-state index in [4.69, 9.17) is 4.55 Å². The van der Waals surface area contributed by atoms with Crippen molar-refractivity contribution in [3.63, 3.8) is 0 Å². The first-order chi connectivity index (χ1) is 5.00. The van der Waals surface area contributed by atoms with Crippen molar-refractivity contribution in [2.24, 2.45) is 0 Å². The molecule has 0 spiro atoms. The van der Waals surface area contributed by atoms with Gasteiger partial charge in [0.2, 0.25) is 0 Å². The maximum absolute atomic E-state index is 10.5. The molecule has 0 bridgehead atoms. The Morgan fingerprint density at radius 2 is 1.92 bits per heavy atom. The Morgan fingerprint density at radius 3 is 2.25 bits per heavy atom. The summed E-state index contributed by atoms with van der Waals surface area (Å²) in [5, 5.41) is 0. The van der Waals surface area contributed by atoms with Crippen molar-refractivity contribution in [1.82, 2.24) is 0 Å². The summed E-state index contributed by atoms with van der Waals surface area (Å²) >= 11 is 3.08. The van der Waals surface area contributed by atoms with E-state index in [1.54, 1.807) is 6.07 Å². The van der Waals surface area contributed by atoms with E-state index in [0.29, 0.717) is 4.47 Å². The summed E-state index contributed by atoms with van der Waals surface area (Å²) < 4.78 is 30.2. The van der Waals surface area contributed by atoms with Crippen LogP contribution in [-0.4, -0.2) is 38.8 Å². The van der Waals surface area contributed by atoms with Crippen molar-refractivity contribution in [3.8, 4) is 0 Å². The standard InChI is InChI=1S/C6H5BrO3S.In.3H/c7-5-2-1-3-6(4-5)11(8,9)10;;;;/h1-4H,(H,8,9,10);;;;. The van der Waals surface area contributed by atoms with Gasteiger partial charge in [-0.05, 0) is 18.2 Å². The maximum atomic E-state index is 10.5. The molecule has 1 aromatic carbocycles. The molecule has 12 heavy (non-hydrogen) atoms. The molecule has 0 heterocycles. The molecule has 0 radical (unpaired) electrons. The third-order valence-electron chi connectivity index (χ3n) is 1.09. The molecular weight excluding hydrogens is 347 g/mol. The van der Waals surface area contributed by atoms with Crippen LogP contribution in [0.4, 0.5) is 0 Å². The van der Waals surface area contributed by atoms with Crippen LogP contribution in [0.2, 0.25) is 0 Å². The third-order valence-corrected chi connectivity index (χ3v) is 2.44. The average molecular weight is 355 g/mol. The molecule has 0 aromatic heterocycles. The van der Waals surface area contributed by atoms with E-state index in [1.807, 2.05) is 0 Å². The molecule has 6 heteroatoms. The molecular formula is C6H8BrInO3S. The van der Waals surface area contributed by atoms with Crippen LogP contribution in [0.5, 0.6) is 0 Å². The van der Waals surface area contributed by atoms with Crippen molar-refractivity contribution in [2.75, 3.05) is 0 Å². The number of hydrogen-bond acceptors (Lipinski definition) is 2. The predicted molar refractivity (Wildman–Crippen MR) is 53.9 cm³/mol. The molecule has 0 fully saturated rings. The van der Waals surface area contributed by atoms with Gasteiger partial charge in [0.15, 0.2) is 0 Å². The van der Waals surface area contributed by atoms with E-state index in [-0.39, 0.29) is 30.7 Å². The molecule has 3 nitrogen and oxygen atoms in total. The zero-order valence-electron chi connectivity index (χ0n) is 5.36. The Hall–Kier alpha value is 0.480. The molecule has 1 aromatic rings. The van der Waals surface area contributed by atoms with Crippen molar-refractivity contribution >= 4 is 51.9 Å². The van der Waals surface area contributed by atoms with Gasteiger partial charge in [-0.1, -0.05) is 22.0 Å². The summed E-state index contributed by atoms with van der Waals surface area (Å²) in [6.07, 6.45) is 0. The van der Waals surface area contributed by atoms with E-state index in [0.717, 1.165) is 0 Å². The van der Waals surface area contributed by atoms with Gasteiger partial charge >= 0.3 is 25.8 Å². The second-order valence-corrected chi connectivity index (χ2v) is 4.27. The van der Waals surface area contributed by atoms with Crippen molar-refractivity contribution in [3.05, 3.63) is 28.7 Å². The van der Waals surface area contributed by atoms with E-state index >= 15 is 0 Å². The topological polar surface area (TPSA) is 54.4 Å². The zero-order chi connectivity index (χ0) is 8.48. The SMILES string of the molecule is O=S(=O)(O)c1cccc(Br)c1.[InH3]. The van der Waals surface area contributed by atoms with Crippen LogP contribution in [0.1, 0.15) is 0 Å². The third kappa shape index (κ3) is 3.47. The van der Waals surface area contributed by atoms with Crippen LogP contribution >= 0.6 is 15.9 Å². The molecule has 0 aliphatic carbocycles. The number of benzene rings is 1. The predicted octanol–water partition coefficient (Wildman–Crippen LogP) is 0.512. The monoisotopic (exact) mass is 354 g/mol. The second kappa shape index (κ2) is 4.64. The van der Waals surface area contributed by atoms with Gasteiger partial charge in [-0.15, -0.1) is 0 Å². The Labute approximate surface area is 97.8 Å². The van der Waals surface area contributed by atoms with Gasteiger partial charge < -0.3 is 0 Å². The quantitative estimate of drug-likeness (QED) is 0.748. The van der Waals surface area contributed by atoms with Crippen LogP contribution in [0.15, 0.2) is 33.6 Å². The number of halogens is 1. The van der Waals surface area contributed by atoms with Gasteiger partial charge in [0.1, 0.15) is 0 Å². The fourth-order valence-corrected chi connectivity index (χ4v) is 1.70. The van der Waals surface area contributed by atoms with E-state index < -0.39 is 10.1 Å².